The van der Waals surface area contributed by atoms with Crippen molar-refractivity contribution >= 4 is 29.4 Å². The molecule has 0 N–H and O–H groups in total. The maximum atomic E-state index is 12.7. The SMILES string of the molecule is CCOC(=O)CC(=O)N1C[C@@H](C(=O)OCC)[C@@H]2Oc3ccc(Cl)cc3[C@@H]21. The molecular formula is C18H20ClNO6. The van der Waals surface area contributed by atoms with Crippen LogP contribution in [0.5, 0.6) is 5.75 Å². The van der Waals surface area contributed by atoms with E-state index in [0.717, 1.165) is 5.56 Å². The third-order valence-electron chi connectivity index (χ3n) is 4.50. The molecule has 0 spiro atoms. The summed E-state index contributed by atoms with van der Waals surface area (Å²) in [7, 11) is 0. The van der Waals surface area contributed by atoms with Gasteiger partial charge in [0.15, 0.2) is 0 Å². The molecule has 0 aromatic heterocycles. The Balaban J connectivity index is 1.89. The Morgan fingerprint density at radius 2 is 1.96 bits per heavy atom. The zero-order chi connectivity index (χ0) is 18.8. The van der Waals surface area contributed by atoms with Gasteiger partial charge in [0.05, 0.1) is 19.3 Å². The molecule has 3 rings (SSSR count). The van der Waals surface area contributed by atoms with Gasteiger partial charge in [-0.25, -0.2) is 0 Å². The molecule has 7 nitrogen and oxygen atoms in total. The van der Waals surface area contributed by atoms with Gasteiger partial charge in [-0.05, 0) is 32.0 Å². The van der Waals surface area contributed by atoms with E-state index in [4.69, 9.17) is 25.8 Å². The Bertz CT molecular complexity index is 736. The van der Waals surface area contributed by atoms with Gasteiger partial charge in [-0.1, -0.05) is 11.6 Å². The van der Waals surface area contributed by atoms with Crippen molar-refractivity contribution in [2.24, 2.45) is 5.92 Å². The Morgan fingerprint density at radius 3 is 2.65 bits per heavy atom. The first-order valence-electron chi connectivity index (χ1n) is 8.54. The van der Waals surface area contributed by atoms with Crippen LogP contribution in [0, 0.1) is 5.92 Å². The lowest BCUT2D eigenvalue weighted by Gasteiger charge is -2.22. The average molecular weight is 382 g/mol. The fraction of sp³-hybridized carbons (Fsp3) is 0.500. The summed E-state index contributed by atoms with van der Waals surface area (Å²) in [5, 5.41) is 0.505. The molecule has 1 aromatic carbocycles. The van der Waals surface area contributed by atoms with Crippen molar-refractivity contribution < 1.29 is 28.6 Å². The smallest absolute Gasteiger partial charge is 0.315 e. The zero-order valence-corrected chi connectivity index (χ0v) is 15.3. The van der Waals surface area contributed by atoms with Crippen LogP contribution in [0.15, 0.2) is 18.2 Å². The molecule has 0 bridgehead atoms. The van der Waals surface area contributed by atoms with E-state index in [2.05, 4.69) is 0 Å². The first-order valence-corrected chi connectivity index (χ1v) is 8.91. The minimum absolute atomic E-state index is 0.123. The monoisotopic (exact) mass is 381 g/mol. The van der Waals surface area contributed by atoms with Crippen LogP contribution in [0.3, 0.4) is 0 Å². The summed E-state index contributed by atoms with van der Waals surface area (Å²) in [5.74, 6) is -1.49. The van der Waals surface area contributed by atoms with Crippen LogP contribution in [-0.2, 0) is 23.9 Å². The number of benzene rings is 1. The number of halogens is 1. The number of carbonyl (C=O) groups is 3. The van der Waals surface area contributed by atoms with Crippen molar-refractivity contribution in [1.82, 2.24) is 4.90 Å². The van der Waals surface area contributed by atoms with Crippen molar-refractivity contribution in [2.75, 3.05) is 19.8 Å². The van der Waals surface area contributed by atoms with E-state index >= 15 is 0 Å². The molecule has 2 heterocycles. The van der Waals surface area contributed by atoms with Gasteiger partial charge in [-0.15, -0.1) is 0 Å². The number of amides is 1. The third-order valence-corrected chi connectivity index (χ3v) is 4.74. The molecule has 1 saturated heterocycles. The van der Waals surface area contributed by atoms with Gasteiger partial charge in [-0.2, -0.15) is 0 Å². The molecule has 8 heteroatoms. The van der Waals surface area contributed by atoms with Crippen LogP contribution in [0.2, 0.25) is 5.02 Å². The van der Waals surface area contributed by atoms with E-state index in [-0.39, 0.29) is 26.2 Å². The molecule has 0 saturated carbocycles. The predicted octanol–water partition coefficient (Wildman–Crippen LogP) is 2.12. The first-order chi connectivity index (χ1) is 12.5. The van der Waals surface area contributed by atoms with Crippen LogP contribution in [0.4, 0.5) is 0 Å². The Kier molecular flexibility index (Phi) is 5.36. The number of hydrogen-bond donors (Lipinski definition) is 0. The van der Waals surface area contributed by atoms with Crippen LogP contribution in [0.1, 0.15) is 31.9 Å². The highest BCUT2D eigenvalue weighted by Gasteiger charge is 2.54. The number of fused-ring (bicyclic) bond motifs is 3. The minimum atomic E-state index is -0.628. The van der Waals surface area contributed by atoms with Crippen molar-refractivity contribution in [3.8, 4) is 5.75 Å². The quantitative estimate of drug-likeness (QED) is 0.574. The van der Waals surface area contributed by atoms with Crippen LogP contribution < -0.4 is 4.74 Å². The molecular weight excluding hydrogens is 362 g/mol. The number of ether oxygens (including phenoxy) is 3. The Labute approximate surface area is 156 Å². The second-order valence-corrected chi connectivity index (χ2v) is 6.53. The van der Waals surface area contributed by atoms with Crippen LogP contribution >= 0.6 is 11.6 Å². The molecule has 1 fully saturated rings. The molecule has 3 atom stereocenters. The summed E-state index contributed by atoms with van der Waals surface area (Å²) in [6.45, 7) is 3.96. The summed E-state index contributed by atoms with van der Waals surface area (Å²) in [6, 6.07) is 4.64. The van der Waals surface area contributed by atoms with Crippen molar-refractivity contribution in [3.05, 3.63) is 28.8 Å². The normalized spacial score (nSPS) is 23.0. The summed E-state index contributed by atoms with van der Waals surface area (Å²) >= 11 is 6.09. The van der Waals surface area contributed by atoms with Gasteiger partial charge in [-0.3, -0.25) is 14.4 Å². The third kappa shape index (κ3) is 3.35. The second-order valence-electron chi connectivity index (χ2n) is 6.10. The Hall–Kier alpha value is -2.28. The van der Waals surface area contributed by atoms with Crippen molar-refractivity contribution in [1.29, 1.82) is 0 Å². The lowest BCUT2D eigenvalue weighted by atomic mass is 9.99. The van der Waals surface area contributed by atoms with E-state index in [1.54, 1.807) is 32.0 Å². The van der Waals surface area contributed by atoms with E-state index in [1.807, 2.05) is 0 Å². The zero-order valence-electron chi connectivity index (χ0n) is 14.6. The molecule has 1 amide bonds. The van der Waals surface area contributed by atoms with E-state index < -0.39 is 35.9 Å². The molecule has 2 aliphatic rings. The summed E-state index contributed by atoms with van der Waals surface area (Å²) < 4.78 is 15.9. The highest BCUT2D eigenvalue weighted by atomic mass is 35.5. The maximum absolute atomic E-state index is 12.7. The highest BCUT2D eigenvalue weighted by Crippen LogP contribution is 2.48. The first kappa shape index (κ1) is 18.5. The van der Waals surface area contributed by atoms with Crippen molar-refractivity contribution in [3.63, 3.8) is 0 Å². The average Bonchev–Trinajstić information content (AvgIpc) is 3.12. The van der Waals surface area contributed by atoms with Gasteiger partial charge in [0.1, 0.15) is 24.2 Å². The number of rotatable bonds is 5. The number of likely N-dealkylation sites (tertiary alicyclic amines) is 1. The summed E-state index contributed by atoms with van der Waals surface area (Å²) in [6.07, 6.45) is -0.948. The number of nitrogens with zero attached hydrogens (tertiary/aromatic N) is 1. The molecule has 26 heavy (non-hydrogen) atoms. The number of carbonyl (C=O) groups excluding carboxylic acids is 3. The standard InChI is InChI=1S/C18H20ClNO6/c1-3-24-15(22)8-14(21)20-9-12(18(23)25-4-2)17-16(20)11-7-10(19)5-6-13(11)26-17/h5-7,12,16-17H,3-4,8-9H2,1-2H3/t12-,16+,17+/m1/s1. The largest absolute Gasteiger partial charge is 0.487 e. The number of hydrogen-bond acceptors (Lipinski definition) is 6. The molecule has 0 aliphatic carbocycles. The van der Waals surface area contributed by atoms with E-state index in [9.17, 15) is 14.4 Å². The summed E-state index contributed by atoms with van der Waals surface area (Å²) in [5.41, 5.74) is 0.728. The van der Waals surface area contributed by atoms with Gasteiger partial charge >= 0.3 is 11.9 Å². The van der Waals surface area contributed by atoms with Gasteiger partial charge in [0, 0.05) is 17.1 Å². The van der Waals surface area contributed by atoms with Gasteiger partial charge in [0.25, 0.3) is 0 Å². The number of esters is 2. The van der Waals surface area contributed by atoms with E-state index in [0.29, 0.717) is 10.8 Å². The van der Waals surface area contributed by atoms with E-state index in [1.165, 1.54) is 4.90 Å². The van der Waals surface area contributed by atoms with Crippen LogP contribution in [-0.4, -0.2) is 48.6 Å². The van der Waals surface area contributed by atoms with Crippen LogP contribution in [0.25, 0.3) is 0 Å². The fourth-order valence-corrected chi connectivity index (χ4v) is 3.66. The van der Waals surface area contributed by atoms with Crippen molar-refractivity contribution in [2.45, 2.75) is 32.4 Å². The lowest BCUT2D eigenvalue weighted by Crippen LogP contribution is -2.33. The fourth-order valence-electron chi connectivity index (χ4n) is 3.47. The minimum Gasteiger partial charge on any atom is -0.487 e. The Morgan fingerprint density at radius 1 is 1.23 bits per heavy atom. The highest BCUT2D eigenvalue weighted by molar-refractivity contribution is 6.30. The molecule has 0 radical (unpaired) electrons. The van der Waals surface area contributed by atoms with Gasteiger partial charge < -0.3 is 19.1 Å². The molecule has 1 aromatic rings. The lowest BCUT2D eigenvalue weighted by molar-refractivity contribution is -0.149. The molecule has 2 aliphatic heterocycles. The molecule has 0 unspecified atom stereocenters. The topological polar surface area (TPSA) is 82.1 Å². The summed E-state index contributed by atoms with van der Waals surface area (Å²) in [4.78, 5) is 38.2. The van der Waals surface area contributed by atoms with Gasteiger partial charge in [0.2, 0.25) is 5.91 Å². The maximum Gasteiger partial charge on any atom is 0.315 e. The predicted molar refractivity (Wildman–Crippen MR) is 91.7 cm³/mol. The second kappa shape index (κ2) is 7.53. The molecule has 140 valence electrons.